The number of hydrogen-bond donors (Lipinski definition) is 0. The number of rotatable bonds is 13. The van der Waals surface area contributed by atoms with E-state index >= 15 is 0 Å². The van der Waals surface area contributed by atoms with Crippen LogP contribution in [0.1, 0.15) is 72.6 Å². The van der Waals surface area contributed by atoms with E-state index in [2.05, 4.69) is 25.7 Å². The SMILES string of the molecule is CCCCC(CC)CN(CCCC)CCC(=O)OCC. The highest BCUT2D eigenvalue weighted by Gasteiger charge is 2.14. The zero-order chi connectivity index (χ0) is 15.2. The van der Waals surface area contributed by atoms with Gasteiger partial charge in [0.2, 0.25) is 0 Å². The van der Waals surface area contributed by atoms with Crippen LogP contribution in [0.3, 0.4) is 0 Å². The Kier molecular flexibility index (Phi) is 13.0. The summed E-state index contributed by atoms with van der Waals surface area (Å²) in [4.78, 5) is 14.0. The van der Waals surface area contributed by atoms with Crippen LogP contribution >= 0.6 is 0 Å². The lowest BCUT2D eigenvalue weighted by atomic mass is 9.98. The molecule has 0 heterocycles. The second-order valence-electron chi connectivity index (χ2n) is 5.63. The lowest BCUT2D eigenvalue weighted by Gasteiger charge is -2.26. The van der Waals surface area contributed by atoms with Gasteiger partial charge in [0.1, 0.15) is 0 Å². The Hall–Kier alpha value is -0.570. The fourth-order valence-electron chi connectivity index (χ4n) is 2.44. The van der Waals surface area contributed by atoms with Crippen LogP contribution in [0.25, 0.3) is 0 Å². The summed E-state index contributed by atoms with van der Waals surface area (Å²) in [5.74, 6) is 0.713. The van der Waals surface area contributed by atoms with Gasteiger partial charge in [0.05, 0.1) is 13.0 Å². The van der Waals surface area contributed by atoms with E-state index in [9.17, 15) is 4.79 Å². The maximum Gasteiger partial charge on any atom is 0.307 e. The van der Waals surface area contributed by atoms with Crippen molar-refractivity contribution in [3.63, 3.8) is 0 Å². The minimum absolute atomic E-state index is 0.0596. The molecule has 0 aromatic carbocycles. The van der Waals surface area contributed by atoms with Crippen LogP contribution in [0, 0.1) is 5.92 Å². The first-order valence-corrected chi connectivity index (χ1v) is 8.55. The molecule has 120 valence electrons. The topological polar surface area (TPSA) is 29.5 Å². The average molecular weight is 285 g/mol. The summed E-state index contributed by atoms with van der Waals surface area (Å²) in [6.07, 6.45) is 8.10. The monoisotopic (exact) mass is 285 g/mol. The molecule has 0 aromatic rings. The molecule has 1 unspecified atom stereocenters. The van der Waals surface area contributed by atoms with Crippen molar-refractivity contribution >= 4 is 5.97 Å². The Balaban J connectivity index is 4.19. The minimum Gasteiger partial charge on any atom is -0.466 e. The van der Waals surface area contributed by atoms with E-state index in [1.54, 1.807) is 0 Å². The van der Waals surface area contributed by atoms with Gasteiger partial charge in [-0.05, 0) is 32.2 Å². The standard InChI is InChI=1S/C17H35NO2/c1-5-9-11-16(7-3)15-18(13-10-6-2)14-12-17(19)20-8-4/h16H,5-15H2,1-4H3. The van der Waals surface area contributed by atoms with Gasteiger partial charge in [-0.25, -0.2) is 0 Å². The molecule has 3 heteroatoms. The van der Waals surface area contributed by atoms with Crippen molar-refractivity contribution in [1.82, 2.24) is 4.90 Å². The molecule has 1 atom stereocenters. The van der Waals surface area contributed by atoms with Crippen LogP contribution in [0.5, 0.6) is 0 Å². The highest BCUT2D eigenvalue weighted by Crippen LogP contribution is 2.15. The summed E-state index contributed by atoms with van der Waals surface area (Å²) in [6, 6.07) is 0. The van der Waals surface area contributed by atoms with Crippen LogP contribution in [0.2, 0.25) is 0 Å². The van der Waals surface area contributed by atoms with Gasteiger partial charge in [-0.1, -0.05) is 46.5 Å². The third-order valence-corrected chi connectivity index (χ3v) is 3.83. The van der Waals surface area contributed by atoms with E-state index in [0.717, 1.165) is 25.6 Å². The second-order valence-corrected chi connectivity index (χ2v) is 5.63. The molecule has 0 aromatic heterocycles. The van der Waals surface area contributed by atoms with Gasteiger partial charge in [0, 0.05) is 13.1 Å². The number of carbonyl (C=O) groups is 1. The van der Waals surface area contributed by atoms with E-state index in [1.807, 2.05) is 6.92 Å². The van der Waals surface area contributed by atoms with E-state index in [1.165, 1.54) is 38.5 Å². The predicted octanol–water partition coefficient (Wildman–Crippen LogP) is 4.26. The van der Waals surface area contributed by atoms with Crippen LogP contribution in [0.15, 0.2) is 0 Å². The number of hydrogen-bond acceptors (Lipinski definition) is 3. The number of ether oxygens (including phenoxy) is 1. The van der Waals surface area contributed by atoms with Gasteiger partial charge in [0.15, 0.2) is 0 Å². The van der Waals surface area contributed by atoms with Crippen LogP contribution in [-0.4, -0.2) is 37.1 Å². The summed E-state index contributed by atoms with van der Waals surface area (Å²) < 4.78 is 5.03. The molecule has 0 aliphatic rings. The lowest BCUT2D eigenvalue weighted by Crippen LogP contribution is -2.32. The van der Waals surface area contributed by atoms with Gasteiger partial charge >= 0.3 is 5.97 Å². The molecule has 0 rings (SSSR count). The van der Waals surface area contributed by atoms with Gasteiger partial charge < -0.3 is 9.64 Å². The third-order valence-electron chi connectivity index (χ3n) is 3.83. The summed E-state index contributed by atoms with van der Waals surface area (Å²) >= 11 is 0. The number of unbranched alkanes of at least 4 members (excludes halogenated alkanes) is 2. The van der Waals surface area contributed by atoms with Crippen LogP contribution in [-0.2, 0) is 9.53 Å². The summed E-state index contributed by atoms with van der Waals surface area (Å²) in [7, 11) is 0. The largest absolute Gasteiger partial charge is 0.466 e. The van der Waals surface area contributed by atoms with Crippen molar-refractivity contribution < 1.29 is 9.53 Å². The van der Waals surface area contributed by atoms with Crippen molar-refractivity contribution in [3.8, 4) is 0 Å². The van der Waals surface area contributed by atoms with Gasteiger partial charge in [-0.15, -0.1) is 0 Å². The zero-order valence-electron chi connectivity index (χ0n) is 14.1. The Morgan fingerprint density at radius 1 is 1.05 bits per heavy atom. The predicted molar refractivity (Wildman–Crippen MR) is 85.9 cm³/mol. The molecular weight excluding hydrogens is 250 g/mol. The van der Waals surface area contributed by atoms with Crippen molar-refractivity contribution in [2.75, 3.05) is 26.2 Å². The fraction of sp³-hybridized carbons (Fsp3) is 0.941. The molecule has 0 spiro atoms. The molecule has 0 bridgehead atoms. The molecule has 20 heavy (non-hydrogen) atoms. The highest BCUT2D eigenvalue weighted by molar-refractivity contribution is 5.69. The van der Waals surface area contributed by atoms with Gasteiger partial charge in [-0.2, -0.15) is 0 Å². The molecular formula is C17H35NO2. The normalized spacial score (nSPS) is 12.7. The van der Waals surface area contributed by atoms with Crippen molar-refractivity contribution in [3.05, 3.63) is 0 Å². The zero-order valence-corrected chi connectivity index (χ0v) is 14.1. The van der Waals surface area contributed by atoms with Crippen molar-refractivity contribution in [2.24, 2.45) is 5.92 Å². The Bertz CT molecular complexity index is 231. The highest BCUT2D eigenvalue weighted by atomic mass is 16.5. The van der Waals surface area contributed by atoms with Gasteiger partial charge in [-0.3, -0.25) is 4.79 Å². The number of nitrogens with zero attached hydrogens (tertiary/aromatic N) is 1. The number of carbonyl (C=O) groups excluding carboxylic acids is 1. The molecule has 0 saturated carbocycles. The Labute approximate surface area is 126 Å². The van der Waals surface area contributed by atoms with E-state index in [0.29, 0.717) is 13.0 Å². The first-order valence-electron chi connectivity index (χ1n) is 8.55. The van der Waals surface area contributed by atoms with E-state index in [-0.39, 0.29) is 5.97 Å². The molecule has 0 fully saturated rings. The molecule has 3 nitrogen and oxygen atoms in total. The maximum atomic E-state index is 11.5. The Morgan fingerprint density at radius 2 is 1.75 bits per heavy atom. The van der Waals surface area contributed by atoms with Crippen molar-refractivity contribution in [1.29, 1.82) is 0 Å². The van der Waals surface area contributed by atoms with Crippen LogP contribution < -0.4 is 0 Å². The van der Waals surface area contributed by atoms with E-state index in [4.69, 9.17) is 4.74 Å². The maximum absolute atomic E-state index is 11.5. The van der Waals surface area contributed by atoms with Gasteiger partial charge in [0.25, 0.3) is 0 Å². The molecule has 0 N–H and O–H groups in total. The molecule has 0 radical (unpaired) electrons. The molecule has 0 aliphatic heterocycles. The molecule has 0 amide bonds. The number of esters is 1. The molecule has 0 aliphatic carbocycles. The van der Waals surface area contributed by atoms with Crippen LogP contribution in [0.4, 0.5) is 0 Å². The first-order chi connectivity index (χ1) is 9.67. The average Bonchev–Trinajstić information content (AvgIpc) is 2.45. The molecule has 0 saturated heterocycles. The minimum atomic E-state index is -0.0596. The summed E-state index contributed by atoms with van der Waals surface area (Å²) in [5, 5.41) is 0. The van der Waals surface area contributed by atoms with Crippen molar-refractivity contribution in [2.45, 2.75) is 72.6 Å². The fourth-order valence-corrected chi connectivity index (χ4v) is 2.44. The Morgan fingerprint density at radius 3 is 2.30 bits per heavy atom. The quantitative estimate of drug-likeness (QED) is 0.474. The summed E-state index contributed by atoms with van der Waals surface area (Å²) in [5.41, 5.74) is 0. The smallest absolute Gasteiger partial charge is 0.307 e. The first kappa shape index (κ1) is 19.4. The lowest BCUT2D eigenvalue weighted by molar-refractivity contribution is -0.143. The third kappa shape index (κ3) is 10.2. The van der Waals surface area contributed by atoms with E-state index < -0.39 is 0 Å². The summed E-state index contributed by atoms with van der Waals surface area (Å²) in [6.45, 7) is 12.2. The second kappa shape index (κ2) is 13.4.